The molecule has 19 heavy (non-hydrogen) atoms. The molecule has 0 radical (unpaired) electrons. The van der Waals surface area contributed by atoms with E-state index in [0.29, 0.717) is 15.9 Å². The van der Waals surface area contributed by atoms with Gasteiger partial charge in [0.25, 0.3) is 0 Å². The fourth-order valence-corrected chi connectivity index (χ4v) is 1.87. The van der Waals surface area contributed by atoms with Crippen molar-refractivity contribution < 1.29 is 13.5 Å². The fraction of sp³-hybridized carbons (Fsp3) is 0.0909. The van der Waals surface area contributed by atoms with Gasteiger partial charge >= 0.3 is 6.61 Å². The molecule has 1 aromatic heterocycles. The Labute approximate surface area is 125 Å². The summed E-state index contributed by atoms with van der Waals surface area (Å²) in [6.07, 6.45) is 0. The Balaban J connectivity index is 2.32. The molecule has 0 bridgehead atoms. The van der Waals surface area contributed by atoms with Crippen molar-refractivity contribution in [2.24, 2.45) is 0 Å². The molecule has 0 aliphatic heterocycles. The van der Waals surface area contributed by atoms with E-state index in [2.05, 4.69) is 30.6 Å². The van der Waals surface area contributed by atoms with Gasteiger partial charge in [0, 0.05) is 5.56 Å². The molecule has 0 N–H and O–H groups in total. The number of nitrogens with zero attached hydrogens (tertiary/aromatic N) is 2. The summed E-state index contributed by atoms with van der Waals surface area (Å²) in [5, 5.41) is 0.339. The van der Waals surface area contributed by atoms with Crippen molar-refractivity contribution in [2.75, 3.05) is 0 Å². The van der Waals surface area contributed by atoms with E-state index in [1.165, 1.54) is 24.3 Å². The van der Waals surface area contributed by atoms with Crippen LogP contribution in [0.5, 0.6) is 5.75 Å². The second kappa shape index (κ2) is 5.98. The third-order valence-corrected chi connectivity index (χ3v) is 3.86. The smallest absolute Gasteiger partial charge is 0.387 e. The first kappa shape index (κ1) is 14.4. The summed E-state index contributed by atoms with van der Waals surface area (Å²) in [6.45, 7) is -2.86. The average Bonchev–Trinajstić information content (AvgIpc) is 2.35. The molecule has 0 atom stereocenters. The molecule has 1 aromatic carbocycles. The molecular formula is C11H5BrCl2F2N2O. The van der Waals surface area contributed by atoms with Crippen molar-refractivity contribution in [1.82, 2.24) is 9.97 Å². The number of hydrogen-bond acceptors (Lipinski definition) is 3. The lowest BCUT2D eigenvalue weighted by Gasteiger charge is -2.06. The number of benzene rings is 1. The zero-order chi connectivity index (χ0) is 14.0. The topological polar surface area (TPSA) is 35.0 Å². The Bertz CT molecular complexity index is 573. The van der Waals surface area contributed by atoms with E-state index >= 15 is 0 Å². The van der Waals surface area contributed by atoms with Crippen molar-refractivity contribution in [1.29, 1.82) is 0 Å². The maximum Gasteiger partial charge on any atom is 0.387 e. The van der Waals surface area contributed by atoms with Crippen LogP contribution >= 0.6 is 39.1 Å². The highest BCUT2D eigenvalue weighted by Gasteiger charge is 2.11. The van der Waals surface area contributed by atoms with Gasteiger partial charge in [-0.3, -0.25) is 0 Å². The largest absolute Gasteiger partial charge is 0.435 e. The van der Waals surface area contributed by atoms with E-state index in [1.54, 1.807) is 0 Å². The minimum atomic E-state index is -2.86. The van der Waals surface area contributed by atoms with Crippen molar-refractivity contribution in [3.63, 3.8) is 0 Å². The molecule has 2 rings (SSSR count). The molecule has 0 spiro atoms. The molecule has 0 fully saturated rings. The van der Waals surface area contributed by atoms with E-state index in [-0.39, 0.29) is 16.1 Å². The van der Waals surface area contributed by atoms with Crippen LogP contribution in [-0.2, 0) is 0 Å². The average molecular weight is 370 g/mol. The Kier molecular flexibility index (Phi) is 4.54. The number of hydrogen-bond donors (Lipinski definition) is 0. The first-order valence-corrected chi connectivity index (χ1v) is 6.46. The molecule has 0 aliphatic carbocycles. The van der Waals surface area contributed by atoms with Crippen molar-refractivity contribution in [3.05, 3.63) is 39.0 Å². The van der Waals surface area contributed by atoms with E-state index in [1.807, 2.05) is 0 Å². The number of alkyl halides is 2. The van der Waals surface area contributed by atoms with E-state index < -0.39 is 6.61 Å². The lowest BCUT2D eigenvalue weighted by Crippen LogP contribution is -2.01. The highest BCUT2D eigenvalue weighted by atomic mass is 79.9. The predicted octanol–water partition coefficient (Wildman–Crippen LogP) is 4.81. The van der Waals surface area contributed by atoms with Gasteiger partial charge in [-0.05, 0) is 40.2 Å². The molecule has 1 heterocycles. The standard InChI is InChI=1S/C11H5BrCl2F2N2O/c12-7-8(13)17-10(18-9(7)14)5-1-3-6(4-2-5)19-11(15)16/h1-4,11H. The Morgan fingerprint density at radius 2 is 1.58 bits per heavy atom. The lowest BCUT2D eigenvalue weighted by atomic mass is 10.2. The van der Waals surface area contributed by atoms with Gasteiger partial charge in [0.2, 0.25) is 0 Å². The minimum Gasteiger partial charge on any atom is -0.435 e. The van der Waals surface area contributed by atoms with Crippen LogP contribution in [0.25, 0.3) is 11.4 Å². The molecule has 100 valence electrons. The molecule has 2 aromatic rings. The van der Waals surface area contributed by atoms with Crippen LogP contribution < -0.4 is 4.74 Å². The van der Waals surface area contributed by atoms with Gasteiger partial charge in [-0.15, -0.1) is 0 Å². The summed E-state index contributed by atoms with van der Waals surface area (Å²) in [4.78, 5) is 8.06. The Hall–Kier alpha value is -0.980. The van der Waals surface area contributed by atoms with E-state index in [4.69, 9.17) is 23.2 Å². The predicted molar refractivity (Wildman–Crippen MR) is 71.8 cm³/mol. The third kappa shape index (κ3) is 3.52. The third-order valence-electron chi connectivity index (χ3n) is 2.11. The zero-order valence-electron chi connectivity index (χ0n) is 9.08. The highest BCUT2D eigenvalue weighted by Crippen LogP contribution is 2.30. The van der Waals surface area contributed by atoms with Gasteiger partial charge in [-0.2, -0.15) is 8.78 Å². The lowest BCUT2D eigenvalue weighted by molar-refractivity contribution is -0.0498. The molecule has 0 saturated heterocycles. The normalized spacial score (nSPS) is 10.8. The number of halogens is 5. The molecule has 0 amide bonds. The van der Waals surface area contributed by atoms with Gasteiger partial charge in [0.1, 0.15) is 16.1 Å². The summed E-state index contributed by atoms with van der Waals surface area (Å²) in [5.74, 6) is 0.342. The van der Waals surface area contributed by atoms with Crippen LogP contribution in [0.1, 0.15) is 0 Å². The maximum absolute atomic E-state index is 12.0. The first-order chi connectivity index (χ1) is 8.97. The Morgan fingerprint density at radius 1 is 1.05 bits per heavy atom. The molecular weight excluding hydrogens is 365 g/mol. The van der Waals surface area contributed by atoms with Crippen LogP contribution in [-0.4, -0.2) is 16.6 Å². The van der Waals surface area contributed by atoms with Crippen LogP contribution in [0.4, 0.5) is 8.78 Å². The number of aromatic nitrogens is 2. The zero-order valence-corrected chi connectivity index (χ0v) is 12.2. The number of ether oxygens (including phenoxy) is 1. The van der Waals surface area contributed by atoms with Crippen molar-refractivity contribution in [3.8, 4) is 17.1 Å². The SMILES string of the molecule is FC(F)Oc1ccc(-c2nc(Cl)c(Br)c(Cl)n2)cc1. The van der Waals surface area contributed by atoms with E-state index in [9.17, 15) is 8.78 Å². The van der Waals surface area contributed by atoms with Crippen molar-refractivity contribution in [2.45, 2.75) is 6.61 Å². The molecule has 0 aliphatic rings. The summed E-state index contributed by atoms with van der Waals surface area (Å²) in [6, 6.07) is 5.84. The molecule has 3 nitrogen and oxygen atoms in total. The minimum absolute atomic E-state index is 0.0491. The van der Waals surface area contributed by atoms with Gasteiger partial charge in [0.15, 0.2) is 5.82 Å². The van der Waals surface area contributed by atoms with E-state index in [0.717, 1.165) is 0 Å². The fourth-order valence-electron chi connectivity index (χ4n) is 1.31. The molecule has 0 saturated carbocycles. The quantitative estimate of drug-likeness (QED) is 0.728. The summed E-state index contributed by atoms with van der Waals surface area (Å²) in [7, 11) is 0. The monoisotopic (exact) mass is 368 g/mol. The van der Waals surface area contributed by atoms with Crippen LogP contribution in [0.3, 0.4) is 0 Å². The van der Waals surface area contributed by atoms with Gasteiger partial charge in [-0.25, -0.2) is 9.97 Å². The van der Waals surface area contributed by atoms with Gasteiger partial charge < -0.3 is 4.74 Å². The summed E-state index contributed by atoms with van der Waals surface area (Å²) >= 11 is 14.9. The van der Waals surface area contributed by atoms with Gasteiger partial charge in [0.05, 0.1) is 4.47 Å². The molecule has 8 heteroatoms. The number of rotatable bonds is 3. The van der Waals surface area contributed by atoms with Crippen molar-refractivity contribution >= 4 is 39.1 Å². The molecule has 0 unspecified atom stereocenters. The van der Waals surface area contributed by atoms with Crippen LogP contribution in [0.15, 0.2) is 28.7 Å². The summed E-state index contributed by atoms with van der Waals surface area (Å²) < 4.78 is 28.7. The Morgan fingerprint density at radius 3 is 2.05 bits per heavy atom. The summed E-state index contributed by atoms with van der Waals surface area (Å²) in [5.41, 5.74) is 0.581. The van der Waals surface area contributed by atoms with Gasteiger partial charge in [-0.1, -0.05) is 23.2 Å². The second-order valence-corrected chi connectivity index (χ2v) is 4.85. The maximum atomic E-state index is 12.0. The second-order valence-electron chi connectivity index (χ2n) is 3.35. The highest BCUT2D eigenvalue weighted by molar-refractivity contribution is 9.10. The van der Waals surface area contributed by atoms with Crippen LogP contribution in [0, 0.1) is 0 Å². The first-order valence-electron chi connectivity index (χ1n) is 4.91. The van der Waals surface area contributed by atoms with Crippen LogP contribution in [0.2, 0.25) is 10.3 Å².